The molecule has 0 aliphatic rings. The number of aromatic nitrogens is 2. The molecular weight excluding hydrogens is 378 g/mol. The van der Waals surface area contributed by atoms with Gasteiger partial charge < -0.3 is 19.8 Å². The predicted octanol–water partition coefficient (Wildman–Crippen LogP) is 3.64. The van der Waals surface area contributed by atoms with E-state index in [1.54, 1.807) is 32.4 Å². The molecule has 1 aromatic heterocycles. The Balaban J connectivity index is 2.16. The molecule has 1 amide bonds. The Morgan fingerprint density at radius 1 is 1.25 bits per heavy atom. The molecule has 1 unspecified atom stereocenters. The maximum absolute atomic E-state index is 12.8. The molecule has 0 saturated carbocycles. The fourth-order valence-corrected chi connectivity index (χ4v) is 3.54. The van der Waals surface area contributed by atoms with Crippen molar-refractivity contribution in [3.63, 3.8) is 0 Å². The van der Waals surface area contributed by atoms with Crippen LogP contribution in [0.1, 0.15) is 38.8 Å². The number of nitrogens with one attached hydrogen (secondary N) is 2. The first-order chi connectivity index (χ1) is 13.5. The average Bonchev–Trinajstić information content (AvgIpc) is 2.69. The zero-order valence-corrected chi connectivity index (χ0v) is 17.5. The number of anilines is 1. The highest BCUT2D eigenvalue weighted by molar-refractivity contribution is 8.00. The quantitative estimate of drug-likeness (QED) is 0.463. The Kier molecular flexibility index (Phi) is 8.38. The Hall–Kier alpha value is -2.48. The van der Waals surface area contributed by atoms with Crippen LogP contribution in [0.3, 0.4) is 0 Å². The van der Waals surface area contributed by atoms with Gasteiger partial charge in [0.1, 0.15) is 11.5 Å². The molecule has 0 radical (unpaired) electrons. The van der Waals surface area contributed by atoms with E-state index < -0.39 is 5.25 Å². The number of hydrogen-bond donors (Lipinski definition) is 2. The number of carbonyl (C=O) groups is 1. The summed E-state index contributed by atoms with van der Waals surface area (Å²) in [7, 11) is 3.10. The van der Waals surface area contributed by atoms with Crippen molar-refractivity contribution >= 4 is 23.4 Å². The summed E-state index contributed by atoms with van der Waals surface area (Å²) in [4.78, 5) is 31.9. The summed E-state index contributed by atoms with van der Waals surface area (Å²) in [5, 5.41) is 2.93. The lowest BCUT2D eigenvalue weighted by Crippen LogP contribution is -2.25. The van der Waals surface area contributed by atoms with Gasteiger partial charge in [-0.25, -0.2) is 4.98 Å². The van der Waals surface area contributed by atoms with Gasteiger partial charge in [-0.3, -0.25) is 9.59 Å². The van der Waals surface area contributed by atoms with Crippen LogP contribution in [0.2, 0.25) is 0 Å². The number of benzene rings is 1. The molecule has 0 bridgehead atoms. The summed E-state index contributed by atoms with van der Waals surface area (Å²) < 4.78 is 10.5. The highest BCUT2D eigenvalue weighted by Gasteiger charge is 2.21. The molecule has 152 valence electrons. The minimum atomic E-state index is -0.416. The third-order valence-corrected chi connectivity index (χ3v) is 5.39. The van der Waals surface area contributed by atoms with Crippen LogP contribution in [0, 0.1) is 0 Å². The van der Waals surface area contributed by atoms with Crippen molar-refractivity contribution in [2.45, 2.75) is 49.9 Å². The molecule has 2 rings (SSSR count). The van der Waals surface area contributed by atoms with E-state index in [4.69, 9.17) is 9.47 Å². The number of amides is 1. The third-order valence-electron chi connectivity index (χ3n) is 4.14. The number of hydrogen-bond acceptors (Lipinski definition) is 6. The molecule has 2 aromatic rings. The molecular formula is C20H27N3O4S. The van der Waals surface area contributed by atoms with E-state index in [0.29, 0.717) is 28.8 Å². The van der Waals surface area contributed by atoms with Crippen molar-refractivity contribution in [3.8, 4) is 11.5 Å². The topological polar surface area (TPSA) is 93.3 Å². The predicted molar refractivity (Wildman–Crippen MR) is 112 cm³/mol. The number of nitrogens with zero attached hydrogens (tertiary/aromatic N) is 1. The molecule has 0 saturated heterocycles. The number of carbonyl (C=O) groups excluding carboxylic acids is 1. The van der Waals surface area contributed by atoms with Gasteiger partial charge in [0.05, 0.1) is 25.2 Å². The smallest absolute Gasteiger partial charge is 0.251 e. The summed E-state index contributed by atoms with van der Waals surface area (Å²) in [6.07, 6.45) is 3.32. The second kappa shape index (κ2) is 10.8. The Morgan fingerprint density at radius 3 is 2.68 bits per heavy atom. The lowest BCUT2D eigenvalue weighted by atomic mass is 10.2. The highest BCUT2D eigenvalue weighted by atomic mass is 32.2. The van der Waals surface area contributed by atoms with Gasteiger partial charge in [0.15, 0.2) is 5.16 Å². The van der Waals surface area contributed by atoms with E-state index in [-0.39, 0.29) is 11.5 Å². The van der Waals surface area contributed by atoms with Crippen molar-refractivity contribution < 1.29 is 14.3 Å². The molecule has 0 aliphatic carbocycles. The fraction of sp³-hybridized carbons (Fsp3) is 0.450. The molecule has 0 fully saturated rings. The van der Waals surface area contributed by atoms with Crippen LogP contribution < -0.4 is 20.3 Å². The standard InChI is InChI=1S/C20H27N3O4S/c1-5-7-8-13-11-18(24)23-20(21-13)28-17(6-2)19(25)22-15-12-14(26-3)9-10-16(15)27-4/h9-12,17H,5-8H2,1-4H3,(H,22,25)(H,21,23,24). The average molecular weight is 406 g/mol. The molecule has 1 atom stereocenters. The first kappa shape index (κ1) is 21.8. The van der Waals surface area contributed by atoms with Crippen molar-refractivity contribution in [1.82, 2.24) is 9.97 Å². The van der Waals surface area contributed by atoms with Crippen LogP contribution in [-0.4, -0.2) is 35.3 Å². The van der Waals surface area contributed by atoms with Gasteiger partial charge in [-0.2, -0.15) is 0 Å². The molecule has 1 heterocycles. The number of rotatable bonds is 10. The van der Waals surface area contributed by atoms with Crippen LogP contribution in [-0.2, 0) is 11.2 Å². The van der Waals surface area contributed by atoms with Crippen molar-refractivity contribution in [2.75, 3.05) is 19.5 Å². The van der Waals surface area contributed by atoms with Crippen molar-refractivity contribution in [2.24, 2.45) is 0 Å². The highest BCUT2D eigenvalue weighted by Crippen LogP contribution is 2.30. The van der Waals surface area contributed by atoms with Gasteiger partial charge in [-0.1, -0.05) is 32.0 Å². The third kappa shape index (κ3) is 6.02. The van der Waals surface area contributed by atoms with Crippen molar-refractivity contribution in [1.29, 1.82) is 0 Å². The van der Waals surface area contributed by atoms with E-state index in [9.17, 15) is 9.59 Å². The van der Waals surface area contributed by atoms with Crippen LogP contribution in [0.4, 0.5) is 5.69 Å². The summed E-state index contributed by atoms with van der Waals surface area (Å²) in [5.74, 6) is 0.967. The van der Waals surface area contributed by atoms with Gasteiger partial charge >= 0.3 is 0 Å². The molecule has 2 N–H and O–H groups in total. The number of methoxy groups -OCH3 is 2. The van der Waals surface area contributed by atoms with Crippen LogP contribution in [0.5, 0.6) is 11.5 Å². The lowest BCUT2D eigenvalue weighted by Gasteiger charge is -2.16. The largest absolute Gasteiger partial charge is 0.497 e. The van der Waals surface area contributed by atoms with E-state index in [2.05, 4.69) is 22.2 Å². The molecule has 1 aromatic carbocycles. The fourth-order valence-electron chi connectivity index (χ4n) is 2.61. The number of ether oxygens (including phenoxy) is 2. The molecule has 0 aliphatic heterocycles. The summed E-state index contributed by atoms with van der Waals surface area (Å²) in [6, 6.07) is 6.72. The number of unbranched alkanes of at least 4 members (excludes halogenated alkanes) is 1. The Labute approximate surface area is 169 Å². The molecule has 0 spiro atoms. The van der Waals surface area contributed by atoms with Gasteiger partial charge in [0, 0.05) is 17.8 Å². The van der Waals surface area contributed by atoms with E-state index in [1.165, 1.54) is 17.8 Å². The monoisotopic (exact) mass is 405 g/mol. The zero-order chi connectivity index (χ0) is 20.5. The van der Waals surface area contributed by atoms with Gasteiger partial charge in [0.25, 0.3) is 5.56 Å². The van der Waals surface area contributed by atoms with Gasteiger partial charge in [-0.15, -0.1) is 0 Å². The SMILES string of the molecule is CCCCc1cc(=O)[nH]c(SC(CC)C(=O)Nc2cc(OC)ccc2OC)n1. The van der Waals surface area contributed by atoms with E-state index in [1.807, 2.05) is 6.92 Å². The lowest BCUT2D eigenvalue weighted by molar-refractivity contribution is -0.115. The summed E-state index contributed by atoms with van der Waals surface area (Å²) in [6.45, 7) is 4.01. The molecule has 8 heteroatoms. The number of aromatic amines is 1. The first-order valence-electron chi connectivity index (χ1n) is 9.30. The van der Waals surface area contributed by atoms with E-state index in [0.717, 1.165) is 25.0 Å². The van der Waals surface area contributed by atoms with Gasteiger partial charge in [0.2, 0.25) is 5.91 Å². The second-order valence-electron chi connectivity index (χ2n) is 6.22. The number of aryl methyl sites for hydroxylation is 1. The normalized spacial score (nSPS) is 11.7. The number of thioether (sulfide) groups is 1. The number of H-pyrrole nitrogens is 1. The Bertz CT molecular complexity index is 854. The molecule has 7 nitrogen and oxygen atoms in total. The van der Waals surface area contributed by atoms with E-state index >= 15 is 0 Å². The zero-order valence-electron chi connectivity index (χ0n) is 16.7. The minimum absolute atomic E-state index is 0.194. The maximum atomic E-state index is 12.8. The second-order valence-corrected chi connectivity index (χ2v) is 7.41. The molecule has 28 heavy (non-hydrogen) atoms. The maximum Gasteiger partial charge on any atom is 0.251 e. The van der Waals surface area contributed by atoms with Crippen molar-refractivity contribution in [3.05, 3.63) is 40.3 Å². The van der Waals surface area contributed by atoms with Gasteiger partial charge in [-0.05, 0) is 31.4 Å². The first-order valence-corrected chi connectivity index (χ1v) is 10.2. The van der Waals surface area contributed by atoms with Crippen LogP contribution >= 0.6 is 11.8 Å². The minimum Gasteiger partial charge on any atom is -0.497 e. The van der Waals surface area contributed by atoms with Crippen LogP contribution in [0.15, 0.2) is 34.2 Å². The Morgan fingerprint density at radius 2 is 2.04 bits per heavy atom. The summed E-state index contributed by atoms with van der Waals surface area (Å²) >= 11 is 1.25. The van der Waals surface area contributed by atoms with Crippen LogP contribution in [0.25, 0.3) is 0 Å². The summed E-state index contributed by atoms with van der Waals surface area (Å²) in [5.41, 5.74) is 1.08.